The van der Waals surface area contributed by atoms with Crippen LogP contribution in [0.2, 0.25) is 5.02 Å². The van der Waals surface area contributed by atoms with Gasteiger partial charge < -0.3 is 10.2 Å². The zero-order valence-electron chi connectivity index (χ0n) is 23.0. The summed E-state index contributed by atoms with van der Waals surface area (Å²) in [5.74, 6) is -1.26. The summed E-state index contributed by atoms with van der Waals surface area (Å²) >= 11 is 9.14. The van der Waals surface area contributed by atoms with Crippen LogP contribution >= 0.6 is 27.5 Å². The maximum Gasteiger partial charge on any atom is 0.417 e. The van der Waals surface area contributed by atoms with Crippen molar-refractivity contribution in [3.8, 4) is 0 Å². The van der Waals surface area contributed by atoms with E-state index in [1.54, 1.807) is 37.3 Å². The number of nitrogens with one attached hydrogen (secondary N) is 1. The Hall–Kier alpha value is -3.09. The van der Waals surface area contributed by atoms with Crippen molar-refractivity contribution in [3.63, 3.8) is 0 Å². The molecule has 2 amide bonds. The van der Waals surface area contributed by atoms with Gasteiger partial charge in [0, 0.05) is 17.1 Å². The van der Waals surface area contributed by atoms with Crippen LogP contribution in [0.4, 0.5) is 18.9 Å². The van der Waals surface area contributed by atoms with Crippen molar-refractivity contribution < 1.29 is 31.2 Å². The monoisotopic (exact) mass is 687 g/mol. The van der Waals surface area contributed by atoms with Crippen molar-refractivity contribution in [1.82, 2.24) is 10.2 Å². The fourth-order valence-electron chi connectivity index (χ4n) is 3.97. The van der Waals surface area contributed by atoms with Crippen molar-refractivity contribution in [2.75, 3.05) is 10.8 Å². The third kappa shape index (κ3) is 8.26. The zero-order valence-corrected chi connectivity index (χ0v) is 26.2. The van der Waals surface area contributed by atoms with Gasteiger partial charge in [0.25, 0.3) is 10.0 Å². The molecule has 0 bridgehead atoms. The molecule has 3 rings (SSSR count). The van der Waals surface area contributed by atoms with Gasteiger partial charge in [-0.05, 0) is 68.3 Å². The fraction of sp³-hybridized carbons (Fsp3) is 0.310. The zero-order chi connectivity index (χ0) is 31.2. The molecule has 1 N–H and O–H groups in total. The van der Waals surface area contributed by atoms with Crippen molar-refractivity contribution >= 4 is 55.1 Å². The molecule has 7 nitrogen and oxygen atoms in total. The van der Waals surface area contributed by atoms with E-state index in [0.29, 0.717) is 22.4 Å². The van der Waals surface area contributed by atoms with Crippen molar-refractivity contribution in [2.45, 2.75) is 56.9 Å². The molecule has 13 heteroatoms. The molecule has 0 aliphatic carbocycles. The Balaban J connectivity index is 2.10. The van der Waals surface area contributed by atoms with Gasteiger partial charge >= 0.3 is 6.18 Å². The third-order valence-corrected chi connectivity index (χ3v) is 9.23. The molecular formula is C29H30BrClF3N3O4S. The van der Waals surface area contributed by atoms with Crippen molar-refractivity contribution in [3.05, 3.63) is 93.4 Å². The normalized spacial score (nSPS) is 13.2. The van der Waals surface area contributed by atoms with Crippen molar-refractivity contribution in [1.29, 1.82) is 0 Å². The number of hydrogen-bond acceptors (Lipinski definition) is 4. The maximum absolute atomic E-state index is 13.9. The van der Waals surface area contributed by atoms with Gasteiger partial charge in [-0.15, -0.1) is 0 Å². The van der Waals surface area contributed by atoms with Gasteiger partial charge in [0.15, 0.2) is 0 Å². The van der Waals surface area contributed by atoms with E-state index in [9.17, 15) is 31.2 Å². The number of alkyl halides is 3. The predicted molar refractivity (Wildman–Crippen MR) is 159 cm³/mol. The van der Waals surface area contributed by atoms with Gasteiger partial charge in [-0.25, -0.2) is 8.42 Å². The first kappa shape index (κ1) is 33.4. The first-order chi connectivity index (χ1) is 19.6. The van der Waals surface area contributed by atoms with Crippen molar-refractivity contribution in [2.24, 2.45) is 0 Å². The second-order valence-electron chi connectivity index (χ2n) is 9.63. The minimum absolute atomic E-state index is 0.0607. The highest BCUT2D eigenvalue weighted by molar-refractivity contribution is 9.10. The van der Waals surface area contributed by atoms with Crippen LogP contribution in [-0.2, 0) is 32.3 Å². The van der Waals surface area contributed by atoms with Gasteiger partial charge in [-0.3, -0.25) is 13.9 Å². The number of rotatable bonds is 11. The quantitative estimate of drug-likeness (QED) is 0.245. The molecule has 0 unspecified atom stereocenters. The number of benzene rings is 3. The number of sulfonamides is 1. The van der Waals surface area contributed by atoms with Crippen LogP contribution in [0.5, 0.6) is 0 Å². The average molecular weight is 689 g/mol. The second-order valence-corrected chi connectivity index (χ2v) is 12.8. The third-order valence-electron chi connectivity index (χ3n) is 6.59. The van der Waals surface area contributed by atoms with E-state index < -0.39 is 56.9 Å². The Morgan fingerprint density at radius 3 is 2.19 bits per heavy atom. The molecule has 3 aromatic carbocycles. The Morgan fingerprint density at radius 2 is 1.62 bits per heavy atom. The largest absolute Gasteiger partial charge is 0.417 e. The number of halogens is 5. The minimum Gasteiger partial charge on any atom is -0.352 e. The molecule has 0 heterocycles. The molecular weight excluding hydrogens is 659 g/mol. The first-order valence-electron chi connectivity index (χ1n) is 12.9. The molecule has 0 aromatic heterocycles. The van der Waals surface area contributed by atoms with Gasteiger partial charge in [-0.2, -0.15) is 13.2 Å². The lowest BCUT2D eigenvalue weighted by atomic mass is 10.1. The molecule has 0 saturated heterocycles. The number of anilines is 1. The summed E-state index contributed by atoms with van der Waals surface area (Å²) in [4.78, 5) is 28.0. The minimum atomic E-state index is -4.88. The molecule has 42 heavy (non-hydrogen) atoms. The van der Waals surface area contributed by atoms with E-state index in [2.05, 4.69) is 21.2 Å². The summed E-state index contributed by atoms with van der Waals surface area (Å²) in [6, 6.07) is 15.4. The van der Waals surface area contributed by atoms with Crippen LogP contribution in [0.15, 0.2) is 82.2 Å². The highest BCUT2D eigenvalue weighted by atomic mass is 79.9. The summed E-state index contributed by atoms with van der Waals surface area (Å²) in [6.45, 7) is 4.25. The molecule has 0 fully saturated rings. The number of amides is 2. The van der Waals surface area contributed by atoms with E-state index in [-0.39, 0.29) is 17.5 Å². The van der Waals surface area contributed by atoms with Crippen LogP contribution < -0.4 is 9.62 Å². The average Bonchev–Trinajstić information content (AvgIpc) is 2.95. The van der Waals surface area contributed by atoms with E-state index >= 15 is 0 Å². The molecule has 226 valence electrons. The van der Waals surface area contributed by atoms with Crippen LogP contribution in [-0.4, -0.2) is 43.8 Å². The van der Waals surface area contributed by atoms with E-state index in [0.717, 1.165) is 16.6 Å². The van der Waals surface area contributed by atoms with Gasteiger partial charge in [0.05, 0.1) is 21.2 Å². The van der Waals surface area contributed by atoms with Gasteiger partial charge in [0.2, 0.25) is 11.8 Å². The highest BCUT2D eigenvalue weighted by Crippen LogP contribution is 2.38. The topological polar surface area (TPSA) is 86.8 Å². The maximum atomic E-state index is 13.9. The number of carbonyl (C=O) groups is 2. The molecule has 3 aromatic rings. The lowest BCUT2D eigenvalue weighted by molar-refractivity contribution is -0.139. The molecule has 0 radical (unpaired) electrons. The van der Waals surface area contributed by atoms with Crippen LogP contribution in [0, 0.1) is 0 Å². The Morgan fingerprint density at radius 1 is 1.00 bits per heavy atom. The molecule has 0 spiro atoms. The first-order valence-corrected chi connectivity index (χ1v) is 15.5. The summed E-state index contributed by atoms with van der Waals surface area (Å²) in [5, 5.41) is 2.20. The smallest absolute Gasteiger partial charge is 0.352 e. The predicted octanol–water partition coefficient (Wildman–Crippen LogP) is 6.65. The number of carbonyl (C=O) groups excluding carboxylic acids is 2. The van der Waals surface area contributed by atoms with Gasteiger partial charge in [0.1, 0.15) is 12.6 Å². The lowest BCUT2D eigenvalue weighted by Gasteiger charge is -2.32. The fourth-order valence-corrected chi connectivity index (χ4v) is 5.88. The summed E-state index contributed by atoms with van der Waals surface area (Å²) in [5.41, 5.74) is -1.02. The van der Waals surface area contributed by atoms with Crippen LogP contribution in [0.3, 0.4) is 0 Å². The number of nitrogens with zero attached hydrogens (tertiary/aromatic N) is 2. The van der Waals surface area contributed by atoms with Crippen LogP contribution in [0.1, 0.15) is 38.3 Å². The second kappa shape index (κ2) is 13.9. The summed E-state index contributed by atoms with van der Waals surface area (Å²) < 4.78 is 70.1. The van der Waals surface area contributed by atoms with E-state index in [1.807, 2.05) is 6.92 Å². The van der Waals surface area contributed by atoms with E-state index in [4.69, 9.17) is 11.6 Å². The highest BCUT2D eigenvalue weighted by Gasteiger charge is 2.37. The van der Waals surface area contributed by atoms with E-state index in [1.165, 1.54) is 36.1 Å². The molecule has 2 atom stereocenters. The summed E-state index contributed by atoms with van der Waals surface area (Å²) in [6.07, 6.45) is -4.24. The van der Waals surface area contributed by atoms with Crippen LogP contribution in [0.25, 0.3) is 0 Å². The molecule has 0 saturated carbocycles. The molecule has 0 aliphatic heterocycles. The van der Waals surface area contributed by atoms with Gasteiger partial charge in [-0.1, -0.05) is 64.8 Å². The SMILES string of the molecule is CC[C@H](C)NC(=O)[C@H](C)N(Cc1ccc(Br)cc1)C(=O)CN(c1ccc(Cl)c(C(F)(F)F)c1)S(=O)(=O)c1ccccc1. The number of hydrogen-bond donors (Lipinski definition) is 1. The Labute approximate surface area is 256 Å². The standard InChI is InChI=1S/C29H30BrClF3N3O4S/c1-4-19(2)35-28(39)20(3)36(17-21-10-12-22(30)13-11-21)27(38)18-37(42(40,41)24-8-6-5-7-9-24)23-14-15-26(31)25(16-23)29(32,33)34/h5-16,19-20H,4,17-18H2,1-3H3,(H,35,39)/t19-,20-/m0/s1. The molecule has 0 aliphatic rings. The Bertz CT molecular complexity index is 1510. The lowest BCUT2D eigenvalue weighted by Crippen LogP contribution is -2.52. The Kier molecular flexibility index (Phi) is 11.1. The summed E-state index contributed by atoms with van der Waals surface area (Å²) in [7, 11) is -4.54.